The van der Waals surface area contributed by atoms with Crippen molar-refractivity contribution in [3.05, 3.63) is 29.8 Å². The van der Waals surface area contributed by atoms with Crippen LogP contribution in [-0.2, 0) is 19.0 Å². The van der Waals surface area contributed by atoms with E-state index in [9.17, 15) is 8.42 Å². The number of aryl methyl sites for hydroxylation is 1. The molecule has 1 aromatic carbocycles. The second-order valence-electron chi connectivity index (χ2n) is 4.61. The van der Waals surface area contributed by atoms with E-state index in [-0.39, 0.29) is 17.4 Å². The molecule has 0 bridgehead atoms. The lowest BCUT2D eigenvalue weighted by molar-refractivity contribution is 0.0507. The molecule has 0 saturated carbocycles. The molecule has 20 heavy (non-hydrogen) atoms. The van der Waals surface area contributed by atoms with E-state index in [4.69, 9.17) is 8.92 Å². The molecule has 1 aromatic rings. The maximum atomic E-state index is 11.9. The van der Waals surface area contributed by atoms with Crippen LogP contribution in [0.3, 0.4) is 0 Å². The van der Waals surface area contributed by atoms with Gasteiger partial charge in [0.05, 0.1) is 11.5 Å². The van der Waals surface area contributed by atoms with E-state index < -0.39 is 10.1 Å². The summed E-state index contributed by atoms with van der Waals surface area (Å²) in [6, 6.07) is 6.69. The van der Waals surface area contributed by atoms with Crippen molar-refractivity contribution in [3.63, 3.8) is 0 Å². The molecule has 1 heterocycles. The van der Waals surface area contributed by atoms with Crippen molar-refractivity contribution in [1.82, 2.24) is 0 Å². The predicted octanol–water partition coefficient (Wildman–Crippen LogP) is 3.15. The maximum absolute atomic E-state index is 11.9. The van der Waals surface area contributed by atoms with Crippen molar-refractivity contribution in [2.24, 2.45) is 5.92 Å². The Labute approximate surface area is 122 Å². The molecule has 114 valence electrons. The van der Waals surface area contributed by atoms with Crippen molar-refractivity contribution in [3.8, 4) is 0 Å². The van der Waals surface area contributed by atoms with Crippen LogP contribution in [0.25, 0.3) is 0 Å². The first-order chi connectivity index (χ1) is 9.58. The fourth-order valence-electron chi connectivity index (χ4n) is 1.87. The summed E-state index contributed by atoms with van der Waals surface area (Å²) in [4.78, 5) is 0.222. The Morgan fingerprint density at radius 2 is 1.70 bits per heavy atom. The Bertz CT molecular complexity index is 473. The van der Waals surface area contributed by atoms with E-state index in [0.717, 1.165) is 18.4 Å². The summed E-state index contributed by atoms with van der Waals surface area (Å²) in [6.07, 6.45) is 1.73. The van der Waals surface area contributed by atoms with Gasteiger partial charge >= 0.3 is 0 Å². The third kappa shape index (κ3) is 5.23. The van der Waals surface area contributed by atoms with Gasteiger partial charge in [0, 0.05) is 13.2 Å². The van der Waals surface area contributed by atoms with Gasteiger partial charge in [-0.2, -0.15) is 8.42 Å². The van der Waals surface area contributed by atoms with Gasteiger partial charge in [-0.1, -0.05) is 31.5 Å². The zero-order chi connectivity index (χ0) is 15.0. The van der Waals surface area contributed by atoms with E-state index in [0.29, 0.717) is 13.2 Å². The predicted molar refractivity (Wildman–Crippen MR) is 79.2 cm³/mol. The van der Waals surface area contributed by atoms with Gasteiger partial charge in [-0.05, 0) is 37.8 Å². The van der Waals surface area contributed by atoms with Gasteiger partial charge in [0.15, 0.2) is 0 Å². The van der Waals surface area contributed by atoms with Crippen LogP contribution in [0.4, 0.5) is 0 Å². The fraction of sp³-hybridized carbons (Fsp3) is 0.600. The number of hydrogen-bond acceptors (Lipinski definition) is 4. The van der Waals surface area contributed by atoms with Crippen LogP contribution in [-0.4, -0.2) is 28.2 Å². The van der Waals surface area contributed by atoms with Crippen LogP contribution >= 0.6 is 0 Å². The summed E-state index contributed by atoms with van der Waals surface area (Å²) in [7, 11) is -3.62. The Hall–Kier alpha value is -0.910. The zero-order valence-electron chi connectivity index (χ0n) is 12.5. The first-order valence-electron chi connectivity index (χ1n) is 7.12. The molecule has 0 atom stereocenters. The highest BCUT2D eigenvalue weighted by atomic mass is 32.2. The summed E-state index contributed by atoms with van der Waals surface area (Å²) >= 11 is 0. The Kier molecular flexibility index (Phi) is 7.19. The lowest BCUT2D eigenvalue weighted by Gasteiger charge is -2.21. The van der Waals surface area contributed by atoms with E-state index in [1.807, 2.05) is 20.8 Å². The SMILES string of the molecule is CC.Cc1ccc(S(=O)(=O)OCC2CCOCC2)cc1. The minimum atomic E-state index is -3.62. The molecule has 0 amide bonds. The molecule has 1 saturated heterocycles. The van der Waals surface area contributed by atoms with E-state index in [2.05, 4.69) is 0 Å². The summed E-state index contributed by atoms with van der Waals surface area (Å²) in [6.45, 7) is 7.55. The Morgan fingerprint density at radius 1 is 1.15 bits per heavy atom. The largest absolute Gasteiger partial charge is 0.381 e. The molecule has 1 aliphatic rings. The Morgan fingerprint density at radius 3 is 2.25 bits per heavy atom. The minimum absolute atomic E-state index is 0.222. The second-order valence-corrected chi connectivity index (χ2v) is 6.22. The third-order valence-electron chi connectivity index (χ3n) is 3.11. The van der Waals surface area contributed by atoms with Crippen molar-refractivity contribution in [2.45, 2.75) is 38.5 Å². The van der Waals surface area contributed by atoms with E-state index in [1.165, 1.54) is 0 Å². The van der Waals surface area contributed by atoms with Gasteiger partial charge in [-0.15, -0.1) is 0 Å². The van der Waals surface area contributed by atoms with Crippen molar-refractivity contribution in [2.75, 3.05) is 19.8 Å². The maximum Gasteiger partial charge on any atom is 0.296 e. The van der Waals surface area contributed by atoms with E-state index >= 15 is 0 Å². The van der Waals surface area contributed by atoms with Crippen molar-refractivity contribution < 1.29 is 17.3 Å². The van der Waals surface area contributed by atoms with Gasteiger partial charge in [0.25, 0.3) is 10.1 Å². The van der Waals surface area contributed by atoms with Crippen LogP contribution < -0.4 is 0 Å². The quantitative estimate of drug-likeness (QED) is 0.802. The highest BCUT2D eigenvalue weighted by molar-refractivity contribution is 7.86. The normalized spacial score (nSPS) is 16.4. The van der Waals surface area contributed by atoms with Gasteiger partial charge in [0.2, 0.25) is 0 Å². The number of hydrogen-bond donors (Lipinski definition) is 0. The molecular formula is C15H24O4S. The molecule has 0 aromatic heterocycles. The average Bonchev–Trinajstić information content (AvgIpc) is 2.49. The minimum Gasteiger partial charge on any atom is -0.381 e. The monoisotopic (exact) mass is 300 g/mol. The van der Waals surface area contributed by atoms with Gasteiger partial charge < -0.3 is 4.74 Å². The summed E-state index contributed by atoms with van der Waals surface area (Å²) in [5.74, 6) is 0.277. The van der Waals surface area contributed by atoms with Crippen molar-refractivity contribution >= 4 is 10.1 Å². The Balaban J connectivity index is 0.000000956. The number of benzene rings is 1. The molecule has 0 unspecified atom stereocenters. The number of ether oxygens (including phenoxy) is 1. The van der Waals surface area contributed by atoms with Crippen LogP contribution in [0.1, 0.15) is 32.3 Å². The summed E-state index contributed by atoms with van der Waals surface area (Å²) in [5.41, 5.74) is 1.03. The fourth-order valence-corrected chi connectivity index (χ4v) is 2.85. The molecule has 2 rings (SSSR count). The van der Waals surface area contributed by atoms with Gasteiger partial charge in [0.1, 0.15) is 0 Å². The average molecular weight is 300 g/mol. The van der Waals surface area contributed by atoms with Crippen LogP contribution in [0, 0.1) is 12.8 Å². The lowest BCUT2D eigenvalue weighted by Crippen LogP contribution is -2.22. The smallest absolute Gasteiger partial charge is 0.296 e. The van der Waals surface area contributed by atoms with Crippen LogP contribution in [0.15, 0.2) is 29.2 Å². The molecule has 1 fully saturated rings. The zero-order valence-corrected chi connectivity index (χ0v) is 13.3. The molecule has 1 aliphatic heterocycles. The van der Waals surface area contributed by atoms with Gasteiger partial charge in [-0.25, -0.2) is 0 Å². The first-order valence-corrected chi connectivity index (χ1v) is 8.52. The third-order valence-corrected chi connectivity index (χ3v) is 4.41. The molecule has 0 aliphatic carbocycles. The molecule has 4 nitrogen and oxygen atoms in total. The lowest BCUT2D eigenvalue weighted by atomic mass is 10.0. The van der Waals surface area contributed by atoms with Crippen LogP contribution in [0.5, 0.6) is 0 Å². The highest BCUT2D eigenvalue weighted by Crippen LogP contribution is 2.19. The van der Waals surface area contributed by atoms with Crippen molar-refractivity contribution in [1.29, 1.82) is 0 Å². The molecular weight excluding hydrogens is 276 g/mol. The molecule has 0 radical (unpaired) electrons. The molecule has 0 N–H and O–H groups in total. The van der Waals surface area contributed by atoms with Gasteiger partial charge in [-0.3, -0.25) is 4.18 Å². The summed E-state index contributed by atoms with van der Waals surface area (Å²) in [5, 5.41) is 0. The highest BCUT2D eigenvalue weighted by Gasteiger charge is 2.20. The first kappa shape index (κ1) is 17.1. The second kappa shape index (κ2) is 8.39. The molecule has 0 spiro atoms. The topological polar surface area (TPSA) is 52.6 Å². The standard InChI is InChI=1S/C13H18O4S.C2H6/c1-11-2-4-13(5-3-11)18(14,15)17-10-12-6-8-16-9-7-12;1-2/h2-5,12H,6-10H2,1H3;1-2H3. The summed E-state index contributed by atoms with van der Waals surface area (Å²) < 4.78 is 34.2. The molecule has 5 heteroatoms. The van der Waals surface area contributed by atoms with Crippen LogP contribution in [0.2, 0.25) is 0 Å². The number of rotatable bonds is 4. The van der Waals surface area contributed by atoms with E-state index in [1.54, 1.807) is 24.3 Å².